The first-order valence-corrected chi connectivity index (χ1v) is 6.26. The SMILES string of the molecule is CC1CC2CC(C)CC(C1)C2(C)CN. The van der Waals surface area contributed by atoms with Gasteiger partial charge in [0.1, 0.15) is 0 Å². The van der Waals surface area contributed by atoms with E-state index in [1.54, 1.807) is 0 Å². The van der Waals surface area contributed by atoms with Crippen LogP contribution in [0.25, 0.3) is 0 Å². The molecule has 0 aromatic rings. The van der Waals surface area contributed by atoms with Crippen LogP contribution in [0.15, 0.2) is 0 Å². The highest BCUT2D eigenvalue weighted by atomic mass is 14.7. The first-order valence-electron chi connectivity index (χ1n) is 6.26. The van der Waals surface area contributed by atoms with E-state index in [1.165, 1.54) is 25.7 Å². The van der Waals surface area contributed by atoms with E-state index in [0.717, 1.165) is 30.2 Å². The minimum absolute atomic E-state index is 0.471. The predicted molar refractivity (Wildman–Crippen MR) is 60.9 cm³/mol. The monoisotopic (exact) mass is 195 g/mol. The van der Waals surface area contributed by atoms with Gasteiger partial charge in [0.2, 0.25) is 0 Å². The van der Waals surface area contributed by atoms with Crippen LogP contribution in [-0.2, 0) is 0 Å². The average molecular weight is 195 g/mol. The molecule has 1 nitrogen and oxygen atoms in total. The summed E-state index contributed by atoms with van der Waals surface area (Å²) in [5.74, 6) is 3.70. The summed E-state index contributed by atoms with van der Waals surface area (Å²) in [4.78, 5) is 0. The van der Waals surface area contributed by atoms with Crippen molar-refractivity contribution < 1.29 is 0 Å². The average Bonchev–Trinajstić information content (AvgIpc) is 2.10. The summed E-state index contributed by atoms with van der Waals surface area (Å²) < 4.78 is 0. The van der Waals surface area contributed by atoms with Crippen LogP contribution in [0, 0.1) is 29.1 Å². The van der Waals surface area contributed by atoms with Crippen LogP contribution in [0.1, 0.15) is 46.5 Å². The van der Waals surface area contributed by atoms with Crippen molar-refractivity contribution in [2.45, 2.75) is 46.5 Å². The molecular formula is C13H25N. The first kappa shape index (κ1) is 10.5. The summed E-state index contributed by atoms with van der Waals surface area (Å²) in [6.07, 6.45) is 5.70. The molecule has 0 aromatic carbocycles. The van der Waals surface area contributed by atoms with E-state index in [9.17, 15) is 0 Å². The molecule has 2 aliphatic carbocycles. The van der Waals surface area contributed by atoms with Crippen molar-refractivity contribution in [1.29, 1.82) is 0 Å². The molecule has 82 valence electrons. The Morgan fingerprint density at radius 2 is 1.36 bits per heavy atom. The Morgan fingerprint density at radius 1 is 1.00 bits per heavy atom. The largest absolute Gasteiger partial charge is 0.330 e. The van der Waals surface area contributed by atoms with Gasteiger partial charge >= 0.3 is 0 Å². The van der Waals surface area contributed by atoms with E-state index in [1.807, 2.05) is 0 Å². The lowest BCUT2D eigenvalue weighted by Crippen LogP contribution is -2.50. The molecule has 14 heavy (non-hydrogen) atoms. The highest BCUT2D eigenvalue weighted by Gasteiger charge is 2.48. The summed E-state index contributed by atoms with van der Waals surface area (Å²) in [5, 5.41) is 0. The van der Waals surface area contributed by atoms with Gasteiger partial charge in [0.05, 0.1) is 0 Å². The minimum atomic E-state index is 0.471. The highest BCUT2D eigenvalue weighted by molar-refractivity contribution is 4.99. The van der Waals surface area contributed by atoms with Gasteiger partial charge in [-0.1, -0.05) is 20.8 Å². The van der Waals surface area contributed by atoms with Crippen LogP contribution >= 0.6 is 0 Å². The highest BCUT2D eigenvalue weighted by Crippen LogP contribution is 2.55. The molecule has 0 aromatic heterocycles. The van der Waals surface area contributed by atoms with Crippen LogP contribution in [0.5, 0.6) is 0 Å². The fourth-order valence-corrected chi connectivity index (χ4v) is 4.07. The van der Waals surface area contributed by atoms with Crippen LogP contribution in [0.4, 0.5) is 0 Å². The van der Waals surface area contributed by atoms with E-state index >= 15 is 0 Å². The molecule has 2 rings (SSSR count). The van der Waals surface area contributed by atoms with Crippen LogP contribution in [0.3, 0.4) is 0 Å². The molecule has 0 atom stereocenters. The molecule has 2 saturated carbocycles. The van der Waals surface area contributed by atoms with Gasteiger partial charge < -0.3 is 5.73 Å². The van der Waals surface area contributed by atoms with Crippen molar-refractivity contribution >= 4 is 0 Å². The Balaban J connectivity index is 2.21. The number of hydrogen-bond acceptors (Lipinski definition) is 1. The van der Waals surface area contributed by atoms with Gasteiger partial charge in [0.15, 0.2) is 0 Å². The quantitative estimate of drug-likeness (QED) is 0.684. The van der Waals surface area contributed by atoms with Crippen LogP contribution < -0.4 is 5.73 Å². The van der Waals surface area contributed by atoms with Gasteiger partial charge in [-0.05, 0) is 61.3 Å². The molecule has 0 spiro atoms. The third kappa shape index (κ3) is 1.50. The molecule has 2 aliphatic rings. The van der Waals surface area contributed by atoms with Crippen molar-refractivity contribution in [2.24, 2.45) is 34.8 Å². The molecule has 2 bridgehead atoms. The first-order chi connectivity index (χ1) is 6.56. The van der Waals surface area contributed by atoms with Crippen molar-refractivity contribution in [3.8, 4) is 0 Å². The van der Waals surface area contributed by atoms with Gasteiger partial charge in [-0.25, -0.2) is 0 Å². The summed E-state index contributed by atoms with van der Waals surface area (Å²) in [7, 11) is 0. The third-order valence-corrected chi connectivity index (χ3v) is 5.05. The second-order valence-electron chi connectivity index (χ2n) is 6.26. The Morgan fingerprint density at radius 3 is 1.64 bits per heavy atom. The predicted octanol–water partition coefficient (Wildman–Crippen LogP) is 3.04. The smallest absolute Gasteiger partial charge is 0.00179 e. The third-order valence-electron chi connectivity index (χ3n) is 5.05. The topological polar surface area (TPSA) is 26.0 Å². The molecule has 0 radical (unpaired) electrons. The van der Waals surface area contributed by atoms with Crippen molar-refractivity contribution in [3.05, 3.63) is 0 Å². The Kier molecular flexibility index (Phi) is 2.63. The van der Waals surface area contributed by atoms with Gasteiger partial charge in [-0.2, -0.15) is 0 Å². The van der Waals surface area contributed by atoms with Gasteiger partial charge in [0, 0.05) is 0 Å². The second-order valence-corrected chi connectivity index (χ2v) is 6.26. The maximum Gasteiger partial charge on any atom is -0.00179 e. The van der Waals surface area contributed by atoms with E-state index in [0.29, 0.717) is 5.41 Å². The molecular weight excluding hydrogens is 170 g/mol. The van der Waals surface area contributed by atoms with Crippen molar-refractivity contribution in [2.75, 3.05) is 6.54 Å². The second kappa shape index (κ2) is 3.52. The van der Waals surface area contributed by atoms with E-state index in [4.69, 9.17) is 5.73 Å². The van der Waals surface area contributed by atoms with Gasteiger partial charge in [-0.3, -0.25) is 0 Å². The summed E-state index contributed by atoms with van der Waals surface area (Å²) in [6, 6.07) is 0. The van der Waals surface area contributed by atoms with E-state index in [-0.39, 0.29) is 0 Å². The van der Waals surface area contributed by atoms with Crippen LogP contribution in [0.2, 0.25) is 0 Å². The summed E-state index contributed by atoms with van der Waals surface area (Å²) in [5.41, 5.74) is 6.49. The van der Waals surface area contributed by atoms with Crippen molar-refractivity contribution in [1.82, 2.24) is 0 Å². The van der Waals surface area contributed by atoms with E-state index in [2.05, 4.69) is 20.8 Å². The fourth-order valence-electron chi connectivity index (χ4n) is 4.07. The lowest BCUT2D eigenvalue weighted by atomic mass is 9.51. The number of nitrogens with two attached hydrogens (primary N) is 1. The molecule has 2 fully saturated rings. The minimum Gasteiger partial charge on any atom is -0.330 e. The number of fused-ring (bicyclic) bond motifs is 2. The molecule has 0 amide bonds. The molecule has 2 N–H and O–H groups in total. The Hall–Kier alpha value is -0.0400. The van der Waals surface area contributed by atoms with Gasteiger partial charge in [-0.15, -0.1) is 0 Å². The summed E-state index contributed by atoms with van der Waals surface area (Å²) in [6.45, 7) is 8.19. The fraction of sp³-hybridized carbons (Fsp3) is 1.00. The zero-order valence-corrected chi connectivity index (χ0v) is 9.92. The molecule has 0 heterocycles. The number of rotatable bonds is 1. The van der Waals surface area contributed by atoms with Crippen molar-refractivity contribution in [3.63, 3.8) is 0 Å². The standard InChI is InChI=1S/C13H25N/c1-9-4-11-6-10(2)7-12(5-9)13(11,3)8-14/h9-12H,4-8,14H2,1-3H3. The zero-order valence-electron chi connectivity index (χ0n) is 9.92. The maximum absolute atomic E-state index is 6.02. The maximum atomic E-state index is 6.02. The molecule has 1 heteroatoms. The molecule has 0 aliphatic heterocycles. The lowest BCUT2D eigenvalue weighted by Gasteiger charge is -2.54. The molecule has 0 saturated heterocycles. The lowest BCUT2D eigenvalue weighted by molar-refractivity contribution is -0.0384. The van der Waals surface area contributed by atoms with E-state index < -0.39 is 0 Å². The normalized spacial score (nSPS) is 53.1. The van der Waals surface area contributed by atoms with Gasteiger partial charge in [0.25, 0.3) is 0 Å². The zero-order chi connectivity index (χ0) is 10.3. The Labute approximate surface area is 88.4 Å². The molecule has 0 unspecified atom stereocenters. The Bertz CT molecular complexity index is 181. The summed E-state index contributed by atoms with van der Waals surface area (Å²) >= 11 is 0. The number of hydrogen-bond donors (Lipinski definition) is 1. The van der Waals surface area contributed by atoms with Crippen LogP contribution in [-0.4, -0.2) is 6.54 Å².